The second-order valence-electron chi connectivity index (χ2n) is 5.91. The predicted molar refractivity (Wildman–Crippen MR) is 84.4 cm³/mol. The quantitative estimate of drug-likeness (QED) is 0.920. The second kappa shape index (κ2) is 7.44. The van der Waals surface area contributed by atoms with E-state index in [-0.39, 0.29) is 16.8 Å². The van der Waals surface area contributed by atoms with Gasteiger partial charge in [0.2, 0.25) is 0 Å². The SMILES string of the molecule is O=c1c(Cl)c(NC[C@H]2CCCOC2)cnn1C1CCCCO1. The van der Waals surface area contributed by atoms with E-state index in [1.807, 2.05) is 0 Å². The Morgan fingerprint density at radius 2 is 2.23 bits per heavy atom. The first kappa shape index (κ1) is 15.8. The van der Waals surface area contributed by atoms with E-state index in [9.17, 15) is 4.79 Å². The highest BCUT2D eigenvalue weighted by Gasteiger charge is 2.21. The molecular formula is C15H22ClN3O3. The number of ether oxygens (including phenoxy) is 2. The van der Waals surface area contributed by atoms with E-state index in [1.54, 1.807) is 6.20 Å². The zero-order chi connectivity index (χ0) is 15.4. The van der Waals surface area contributed by atoms with E-state index in [0.717, 1.165) is 51.9 Å². The van der Waals surface area contributed by atoms with Crippen LogP contribution < -0.4 is 10.9 Å². The molecule has 3 heterocycles. The van der Waals surface area contributed by atoms with Gasteiger partial charge in [0.25, 0.3) is 5.56 Å². The van der Waals surface area contributed by atoms with Crippen molar-refractivity contribution >= 4 is 17.3 Å². The van der Waals surface area contributed by atoms with E-state index < -0.39 is 0 Å². The maximum Gasteiger partial charge on any atom is 0.290 e. The van der Waals surface area contributed by atoms with Gasteiger partial charge in [-0.05, 0) is 38.0 Å². The molecule has 1 aromatic heterocycles. The molecule has 2 atom stereocenters. The molecule has 0 amide bonds. The topological polar surface area (TPSA) is 65.4 Å². The molecule has 0 aromatic carbocycles. The Kier molecular flexibility index (Phi) is 5.33. The zero-order valence-electron chi connectivity index (χ0n) is 12.6. The average molecular weight is 328 g/mol. The lowest BCUT2D eigenvalue weighted by molar-refractivity contribution is -0.0424. The predicted octanol–water partition coefficient (Wildman–Crippen LogP) is 2.43. The van der Waals surface area contributed by atoms with E-state index >= 15 is 0 Å². The number of rotatable bonds is 4. The summed E-state index contributed by atoms with van der Waals surface area (Å²) in [6.45, 7) is 3.00. The third-order valence-electron chi connectivity index (χ3n) is 4.21. The van der Waals surface area contributed by atoms with E-state index in [0.29, 0.717) is 18.2 Å². The standard InChI is InChI=1S/C15H22ClN3O3/c16-14-12(17-8-11-4-3-6-21-10-11)9-18-19(15(14)20)13-5-1-2-7-22-13/h9,11,13,17H,1-8,10H2/t11-,13?/m1/s1. The number of hydrogen-bond acceptors (Lipinski definition) is 5. The van der Waals surface area contributed by atoms with Gasteiger partial charge in [0.1, 0.15) is 5.02 Å². The molecule has 0 spiro atoms. The van der Waals surface area contributed by atoms with E-state index in [1.165, 1.54) is 4.68 Å². The minimum Gasteiger partial charge on any atom is -0.382 e. The highest BCUT2D eigenvalue weighted by Crippen LogP contribution is 2.23. The van der Waals surface area contributed by atoms with Gasteiger partial charge in [-0.2, -0.15) is 9.78 Å². The van der Waals surface area contributed by atoms with Crippen molar-refractivity contribution < 1.29 is 9.47 Å². The summed E-state index contributed by atoms with van der Waals surface area (Å²) < 4.78 is 12.4. The molecule has 3 rings (SSSR count). The molecule has 0 radical (unpaired) electrons. The van der Waals surface area contributed by atoms with Crippen LogP contribution in [-0.2, 0) is 9.47 Å². The van der Waals surface area contributed by atoms with Crippen molar-refractivity contribution in [2.75, 3.05) is 31.7 Å². The number of hydrogen-bond donors (Lipinski definition) is 1. The monoisotopic (exact) mass is 327 g/mol. The van der Waals surface area contributed by atoms with Gasteiger partial charge in [0.15, 0.2) is 6.23 Å². The lowest BCUT2D eigenvalue weighted by Crippen LogP contribution is -2.32. The van der Waals surface area contributed by atoms with Crippen LogP contribution in [0, 0.1) is 5.92 Å². The zero-order valence-corrected chi connectivity index (χ0v) is 13.3. The average Bonchev–Trinajstić information content (AvgIpc) is 2.58. The van der Waals surface area contributed by atoms with Crippen LogP contribution in [0.15, 0.2) is 11.0 Å². The Morgan fingerprint density at radius 1 is 1.32 bits per heavy atom. The van der Waals surface area contributed by atoms with Crippen LogP contribution in [0.2, 0.25) is 5.02 Å². The van der Waals surface area contributed by atoms with Gasteiger partial charge >= 0.3 is 0 Å². The summed E-state index contributed by atoms with van der Waals surface area (Å²) in [6.07, 6.45) is 6.41. The summed E-state index contributed by atoms with van der Waals surface area (Å²) in [6, 6.07) is 0. The molecule has 2 aliphatic rings. The van der Waals surface area contributed by atoms with Crippen molar-refractivity contribution in [1.82, 2.24) is 9.78 Å². The second-order valence-corrected chi connectivity index (χ2v) is 6.29. The van der Waals surface area contributed by atoms with Crippen LogP contribution in [0.3, 0.4) is 0 Å². The smallest absolute Gasteiger partial charge is 0.290 e. The molecule has 2 saturated heterocycles. The molecule has 2 aliphatic heterocycles. The Labute approximate surface area is 134 Å². The highest BCUT2D eigenvalue weighted by atomic mass is 35.5. The summed E-state index contributed by atoms with van der Waals surface area (Å²) in [5.41, 5.74) is 0.294. The molecule has 1 aromatic rings. The first-order chi connectivity index (χ1) is 10.8. The van der Waals surface area contributed by atoms with Crippen molar-refractivity contribution in [2.45, 2.75) is 38.3 Å². The van der Waals surface area contributed by atoms with E-state index in [2.05, 4.69) is 10.4 Å². The third kappa shape index (κ3) is 3.62. The van der Waals surface area contributed by atoms with Crippen LogP contribution in [0.1, 0.15) is 38.3 Å². The van der Waals surface area contributed by atoms with Gasteiger partial charge < -0.3 is 14.8 Å². The molecule has 122 valence electrons. The molecule has 1 N–H and O–H groups in total. The summed E-state index contributed by atoms with van der Waals surface area (Å²) in [7, 11) is 0. The van der Waals surface area contributed by atoms with Gasteiger partial charge in [0, 0.05) is 19.8 Å². The molecule has 0 aliphatic carbocycles. The van der Waals surface area contributed by atoms with Crippen LogP contribution >= 0.6 is 11.6 Å². The summed E-state index contributed by atoms with van der Waals surface area (Å²) >= 11 is 6.21. The first-order valence-corrected chi connectivity index (χ1v) is 8.34. The lowest BCUT2D eigenvalue weighted by atomic mass is 10.0. The van der Waals surface area contributed by atoms with Gasteiger partial charge in [-0.1, -0.05) is 11.6 Å². The summed E-state index contributed by atoms with van der Waals surface area (Å²) in [5, 5.41) is 7.63. The molecule has 7 heteroatoms. The first-order valence-electron chi connectivity index (χ1n) is 7.96. The van der Waals surface area contributed by atoms with Crippen LogP contribution in [-0.4, -0.2) is 36.1 Å². The minimum atomic E-state index is -0.293. The number of nitrogens with zero attached hydrogens (tertiary/aromatic N) is 2. The molecule has 2 fully saturated rings. The summed E-state index contributed by atoms with van der Waals surface area (Å²) in [4.78, 5) is 12.4. The number of aromatic nitrogens is 2. The van der Waals surface area contributed by atoms with Crippen molar-refractivity contribution in [3.8, 4) is 0 Å². The van der Waals surface area contributed by atoms with Crippen molar-refractivity contribution in [3.05, 3.63) is 21.6 Å². The van der Waals surface area contributed by atoms with Crippen LogP contribution in [0.25, 0.3) is 0 Å². The molecule has 6 nitrogen and oxygen atoms in total. The Hall–Kier alpha value is -1.11. The van der Waals surface area contributed by atoms with Crippen LogP contribution in [0.4, 0.5) is 5.69 Å². The molecule has 22 heavy (non-hydrogen) atoms. The van der Waals surface area contributed by atoms with Gasteiger partial charge in [-0.3, -0.25) is 4.79 Å². The fourth-order valence-electron chi connectivity index (χ4n) is 2.91. The number of halogens is 1. The third-order valence-corrected chi connectivity index (χ3v) is 4.57. The van der Waals surface area contributed by atoms with Crippen molar-refractivity contribution in [2.24, 2.45) is 5.92 Å². The van der Waals surface area contributed by atoms with Gasteiger partial charge in [0.05, 0.1) is 18.5 Å². The Morgan fingerprint density at radius 3 is 2.95 bits per heavy atom. The maximum atomic E-state index is 12.4. The minimum absolute atomic E-state index is 0.181. The lowest BCUT2D eigenvalue weighted by Gasteiger charge is -2.24. The number of nitrogens with one attached hydrogen (secondary N) is 1. The van der Waals surface area contributed by atoms with E-state index in [4.69, 9.17) is 21.1 Å². The molecule has 0 bridgehead atoms. The number of anilines is 1. The molecular weight excluding hydrogens is 306 g/mol. The Balaban J connectivity index is 1.67. The van der Waals surface area contributed by atoms with Crippen molar-refractivity contribution in [3.63, 3.8) is 0 Å². The fraction of sp³-hybridized carbons (Fsp3) is 0.733. The normalized spacial score (nSPS) is 25.9. The van der Waals surface area contributed by atoms with Crippen molar-refractivity contribution in [1.29, 1.82) is 0 Å². The highest BCUT2D eigenvalue weighted by molar-refractivity contribution is 6.32. The molecule has 1 unspecified atom stereocenters. The largest absolute Gasteiger partial charge is 0.382 e. The summed E-state index contributed by atoms with van der Waals surface area (Å²) in [5.74, 6) is 0.453. The van der Waals surface area contributed by atoms with Gasteiger partial charge in [-0.15, -0.1) is 0 Å². The molecule has 0 saturated carbocycles. The van der Waals surface area contributed by atoms with Gasteiger partial charge in [-0.25, -0.2) is 0 Å². The van der Waals surface area contributed by atoms with Crippen LogP contribution in [0.5, 0.6) is 0 Å². The fourth-order valence-corrected chi connectivity index (χ4v) is 3.11. The Bertz CT molecular complexity index is 551. The maximum absolute atomic E-state index is 12.4.